The molecular weight excluding hydrogens is 244 g/mol. The van der Waals surface area contributed by atoms with Crippen molar-refractivity contribution in [1.82, 2.24) is 4.98 Å². The van der Waals surface area contributed by atoms with Crippen LogP contribution in [-0.2, 0) is 5.88 Å². The zero-order valence-electron chi connectivity index (χ0n) is 8.70. The minimum absolute atomic E-state index is 0.216. The van der Waals surface area contributed by atoms with Crippen LogP contribution in [0.15, 0.2) is 23.6 Å². The van der Waals surface area contributed by atoms with E-state index in [2.05, 4.69) is 10.3 Å². The first-order valence-electron chi connectivity index (χ1n) is 4.76. The fourth-order valence-electron chi connectivity index (χ4n) is 1.29. The van der Waals surface area contributed by atoms with Gasteiger partial charge in [0, 0.05) is 5.38 Å². The molecule has 0 aliphatic rings. The molecule has 3 nitrogen and oxygen atoms in total. The van der Waals surface area contributed by atoms with Gasteiger partial charge in [-0.2, -0.15) is 0 Å². The zero-order chi connectivity index (χ0) is 11.5. The highest BCUT2D eigenvalue weighted by molar-refractivity contribution is 7.13. The molecule has 2 rings (SSSR count). The lowest BCUT2D eigenvalue weighted by Crippen LogP contribution is -1.91. The second-order valence-electron chi connectivity index (χ2n) is 3.42. The number of benzene rings is 1. The second-order valence-corrected chi connectivity index (χ2v) is 4.55. The Labute approximate surface area is 103 Å². The van der Waals surface area contributed by atoms with Crippen molar-refractivity contribution in [2.75, 3.05) is 5.32 Å². The van der Waals surface area contributed by atoms with Crippen LogP contribution in [0, 0.1) is 6.92 Å². The van der Waals surface area contributed by atoms with Gasteiger partial charge >= 0.3 is 0 Å². The van der Waals surface area contributed by atoms with Gasteiger partial charge in [0.2, 0.25) is 0 Å². The van der Waals surface area contributed by atoms with Crippen LogP contribution < -0.4 is 5.32 Å². The molecule has 2 N–H and O–H groups in total. The van der Waals surface area contributed by atoms with Crippen molar-refractivity contribution in [3.05, 3.63) is 34.8 Å². The molecule has 84 valence electrons. The van der Waals surface area contributed by atoms with E-state index in [9.17, 15) is 5.11 Å². The third-order valence-corrected chi connectivity index (χ3v) is 3.16. The number of thiazole rings is 1. The molecule has 1 aromatic heterocycles. The number of nitrogens with one attached hydrogen (secondary N) is 1. The van der Waals surface area contributed by atoms with Gasteiger partial charge in [-0.15, -0.1) is 22.9 Å². The van der Waals surface area contributed by atoms with E-state index >= 15 is 0 Å². The van der Waals surface area contributed by atoms with Gasteiger partial charge in [0.1, 0.15) is 5.75 Å². The third-order valence-electron chi connectivity index (χ3n) is 2.08. The van der Waals surface area contributed by atoms with Gasteiger partial charge in [0.25, 0.3) is 0 Å². The Morgan fingerprint density at radius 2 is 2.31 bits per heavy atom. The summed E-state index contributed by atoms with van der Waals surface area (Å²) in [6, 6.07) is 5.39. The standard InChI is InChI=1S/C11H11ClN2OS/c1-7-2-3-10(15)9(4-7)14-11-13-8(5-12)6-16-11/h2-4,6,15H,5H2,1H3,(H,13,14). The average Bonchev–Trinajstić information content (AvgIpc) is 2.71. The Morgan fingerprint density at radius 3 is 3.00 bits per heavy atom. The van der Waals surface area contributed by atoms with Crippen LogP contribution in [-0.4, -0.2) is 10.1 Å². The van der Waals surface area contributed by atoms with Crippen LogP contribution in [0.3, 0.4) is 0 Å². The van der Waals surface area contributed by atoms with Crippen LogP contribution in [0.5, 0.6) is 5.75 Å². The fourth-order valence-corrected chi connectivity index (χ4v) is 2.24. The minimum Gasteiger partial charge on any atom is -0.506 e. The summed E-state index contributed by atoms with van der Waals surface area (Å²) in [6.45, 7) is 1.97. The molecule has 16 heavy (non-hydrogen) atoms. The molecular formula is C11H11ClN2OS. The molecule has 5 heteroatoms. The molecule has 0 saturated heterocycles. The first-order valence-corrected chi connectivity index (χ1v) is 6.17. The molecule has 0 amide bonds. The van der Waals surface area contributed by atoms with E-state index in [0.29, 0.717) is 11.6 Å². The summed E-state index contributed by atoms with van der Waals surface area (Å²) in [5.41, 5.74) is 2.58. The van der Waals surface area contributed by atoms with Crippen LogP contribution in [0.4, 0.5) is 10.8 Å². The zero-order valence-corrected chi connectivity index (χ0v) is 10.3. The van der Waals surface area contributed by atoms with E-state index in [-0.39, 0.29) is 5.75 Å². The summed E-state index contributed by atoms with van der Waals surface area (Å²) in [4.78, 5) is 4.26. The van der Waals surface area contributed by atoms with Gasteiger partial charge in [0.15, 0.2) is 5.13 Å². The molecule has 0 saturated carbocycles. The van der Waals surface area contributed by atoms with E-state index in [0.717, 1.165) is 16.4 Å². The Balaban J connectivity index is 2.22. The lowest BCUT2D eigenvalue weighted by Gasteiger charge is -2.06. The quantitative estimate of drug-likeness (QED) is 0.649. The van der Waals surface area contributed by atoms with Crippen LogP contribution >= 0.6 is 22.9 Å². The molecule has 1 aromatic carbocycles. The number of hydrogen-bond acceptors (Lipinski definition) is 4. The summed E-state index contributed by atoms with van der Waals surface area (Å²) >= 11 is 7.13. The van der Waals surface area contributed by atoms with E-state index < -0.39 is 0 Å². The maximum Gasteiger partial charge on any atom is 0.187 e. The number of alkyl halides is 1. The monoisotopic (exact) mass is 254 g/mol. The molecule has 1 heterocycles. The first-order chi connectivity index (χ1) is 7.69. The highest BCUT2D eigenvalue weighted by Crippen LogP contribution is 2.29. The van der Waals surface area contributed by atoms with E-state index in [1.807, 2.05) is 24.4 Å². The van der Waals surface area contributed by atoms with E-state index in [1.165, 1.54) is 11.3 Å². The molecule has 0 aliphatic heterocycles. The molecule has 0 radical (unpaired) electrons. The van der Waals surface area contributed by atoms with E-state index in [4.69, 9.17) is 11.6 Å². The highest BCUT2D eigenvalue weighted by atomic mass is 35.5. The number of nitrogens with zero attached hydrogens (tertiary/aromatic N) is 1. The number of aryl methyl sites for hydroxylation is 1. The molecule has 0 fully saturated rings. The fraction of sp³-hybridized carbons (Fsp3) is 0.182. The Hall–Kier alpha value is -1.26. The van der Waals surface area contributed by atoms with Crippen molar-refractivity contribution in [3.63, 3.8) is 0 Å². The predicted molar refractivity (Wildman–Crippen MR) is 67.8 cm³/mol. The number of phenolic OH excluding ortho intramolecular Hbond substituents is 1. The van der Waals surface area contributed by atoms with Crippen LogP contribution in [0.1, 0.15) is 11.3 Å². The largest absolute Gasteiger partial charge is 0.506 e. The maximum absolute atomic E-state index is 9.65. The summed E-state index contributed by atoms with van der Waals surface area (Å²) in [5.74, 6) is 0.617. The van der Waals surface area contributed by atoms with Gasteiger partial charge in [-0.25, -0.2) is 4.98 Å². The molecule has 2 aromatic rings. The van der Waals surface area contributed by atoms with Gasteiger partial charge in [0.05, 0.1) is 17.3 Å². The summed E-state index contributed by atoms with van der Waals surface area (Å²) in [6.07, 6.45) is 0. The lowest BCUT2D eigenvalue weighted by molar-refractivity contribution is 0.477. The summed E-state index contributed by atoms with van der Waals surface area (Å²) < 4.78 is 0. The topological polar surface area (TPSA) is 45.1 Å². The number of rotatable bonds is 3. The van der Waals surface area contributed by atoms with Gasteiger partial charge in [-0.3, -0.25) is 0 Å². The smallest absolute Gasteiger partial charge is 0.187 e. The third kappa shape index (κ3) is 2.46. The summed E-state index contributed by atoms with van der Waals surface area (Å²) in [5, 5.41) is 15.3. The highest BCUT2D eigenvalue weighted by Gasteiger charge is 2.05. The summed E-state index contributed by atoms with van der Waals surface area (Å²) in [7, 11) is 0. The van der Waals surface area contributed by atoms with Crippen molar-refractivity contribution in [2.45, 2.75) is 12.8 Å². The van der Waals surface area contributed by atoms with Crippen molar-refractivity contribution in [2.24, 2.45) is 0 Å². The van der Waals surface area contributed by atoms with Crippen molar-refractivity contribution >= 4 is 33.8 Å². The predicted octanol–water partition coefficient (Wildman–Crippen LogP) is 3.64. The lowest BCUT2D eigenvalue weighted by atomic mass is 10.2. The molecule has 0 atom stereocenters. The average molecular weight is 255 g/mol. The number of anilines is 2. The SMILES string of the molecule is Cc1ccc(O)c(Nc2nc(CCl)cs2)c1. The van der Waals surface area contributed by atoms with Gasteiger partial charge in [-0.05, 0) is 24.6 Å². The Morgan fingerprint density at radius 1 is 1.50 bits per heavy atom. The number of aromatic nitrogens is 1. The second kappa shape index (κ2) is 4.72. The first kappa shape index (κ1) is 11.2. The molecule has 0 spiro atoms. The normalized spacial score (nSPS) is 10.4. The van der Waals surface area contributed by atoms with Gasteiger partial charge < -0.3 is 10.4 Å². The number of phenols is 1. The van der Waals surface area contributed by atoms with Gasteiger partial charge in [-0.1, -0.05) is 6.07 Å². The van der Waals surface area contributed by atoms with Crippen molar-refractivity contribution in [1.29, 1.82) is 0 Å². The number of halogens is 1. The molecule has 0 aliphatic carbocycles. The van der Waals surface area contributed by atoms with Crippen LogP contribution in [0.2, 0.25) is 0 Å². The van der Waals surface area contributed by atoms with Crippen molar-refractivity contribution < 1.29 is 5.11 Å². The maximum atomic E-state index is 9.65. The Bertz CT molecular complexity index is 498. The van der Waals surface area contributed by atoms with Crippen molar-refractivity contribution in [3.8, 4) is 5.75 Å². The number of aromatic hydroxyl groups is 1. The van der Waals surface area contributed by atoms with Crippen LogP contribution in [0.25, 0.3) is 0 Å². The minimum atomic E-state index is 0.216. The Kier molecular flexibility index (Phi) is 3.31. The van der Waals surface area contributed by atoms with E-state index in [1.54, 1.807) is 6.07 Å². The number of hydrogen-bond donors (Lipinski definition) is 2. The molecule has 0 unspecified atom stereocenters. The molecule has 0 bridgehead atoms.